The highest BCUT2D eigenvalue weighted by molar-refractivity contribution is 6.33. The van der Waals surface area contributed by atoms with E-state index < -0.39 is 11.7 Å². The Hall–Kier alpha value is -0.940. The van der Waals surface area contributed by atoms with Crippen molar-refractivity contribution in [2.45, 2.75) is 44.9 Å². The van der Waals surface area contributed by atoms with Crippen molar-refractivity contribution in [3.63, 3.8) is 0 Å². The first-order valence-electron chi connectivity index (χ1n) is 7.19. The van der Waals surface area contributed by atoms with Gasteiger partial charge in [-0.3, -0.25) is 0 Å². The Balaban J connectivity index is 2.30. The molecule has 1 fully saturated rings. The topological polar surface area (TPSA) is 15.3 Å². The molecule has 1 aromatic carbocycles. The van der Waals surface area contributed by atoms with Crippen LogP contribution in [-0.2, 0) is 6.18 Å². The third kappa shape index (κ3) is 3.83. The van der Waals surface area contributed by atoms with Gasteiger partial charge in [0.05, 0.1) is 16.3 Å². The molecule has 0 amide bonds. The van der Waals surface area contributed by atoms with Gasteiger partial charge in [0, 0.05) is 25.2 Å². The Bertz CT molecular complexity index is 490. The first-order chi connectivity index (χ1) is 9.82. The minimum atomic E-state index is -4.35. The molecule has 1 aliphatic heterocycles. The summed E-state index contributed by atoms with van der Waals surface area (Å²) in [7, 11) is 0. The molecule has 2 rings (SSSR count). The van der Waals surface area contributed by atoms with Crippen molar-refractivity contribution < 1.29 is 13.2 Å². The fourth-order valence-corrected chi connectivity index (χ4v) is 2.94. The van der Waals surface area contributed by atoms with Crippen molar-refractivity contribution in [1.82, 2.24) is 5.32 Å². The summed E-state index contributed by atoms with van der Waals surface area (Å²) in [5, 5.41) is 3.79. The minimum absolute atomic E-state index is 0.110. The van der Waals surface area contributed by atoms with E-state index in [-0.39, 0.29) is 12.1 Å². The molecule has 2 atom stereocenters. The number of hydrogen-bond donors (Lipinski definition) is 1. The molecule has 6 heteroatoms. The van der Waals surface area contributed by atoms with Gasteiger partial charge < -0.3 is 10.2 Å². The van der Waals surface area contributed by atoms with E-state index in [0.717, 1.165) is 31.5 Å². The number of alkyl halides is 3. The normalized spacial score (nSPS) is 23.4. The summed E-state index contributed by atoms with van der Waals surface area (Å²) in [4.78, 5) is 1.98. The molecule has 2 nitrogen and oxygen atoms in total. The van der Waals surface area contributed by atoms with Crippen molar-refractivity contribution in [3.8, 4) is 0 Å². The van der Waals surface area contributed by atoms with E-state index in [2.05, 4.69) is 12.2 Å². The molecular formula is C15H20ClF3N2. The molecule has 0 spiro atoms. The summed E-state index contributed by atoms with van der Waals surface area (Å²) in [6.45, 7) is 5.51. The van der Waals surface area contributed by atoms with Crippen LogP contribution < -0.4 is 10.2 Å². The fourth-order valence-electron chi connectivity index (χ4n) is 2.72. The maximum Gasteiger partial charge on any atom is 0.416 e. The Morgan fingerprint density at radius 1 is 1.38 bits per heavy atom. The number of rotatable bonds is 3. The van der Waals surface area contributed by atoms with E-state index in [0.29, 0.717) is 17.3 Å². The van der Waals surface area contributed by atoms with Crippen molar-refractivity contribution >= 4 is 17.3 Å². The molecule has 118 valence electrons. The Kier molecular flexibility index (Phi) is 5.04. The SMILES string of the molecule is CCCC1CN(c2cc(C(F)(F)F)ccc2Cl)C(C)CN1. The number of nitrogens with zero attached hydrogens (tertiary/aromatic N) is 1. The first kappa shape index (κ1) is 16.4. The van der Waals surface area contributed by atoms with Crippen LogP contribution in [-0.4, -0.2) is 25.2 Å². The van der Waals surface area contributed by atoms with E-state index in [9.17, 15) is 13.2 Å². The number of benzene rings is 1. The summed E-state index contributed by atoms with van der Waals surface area (Å²) in [5.74, 6) is 0. The summed E-state index contributed by atoms with van der Waals surface area (Å²) < 4.78 is 38.7. The minimum Gasteiger partial charge on any atom is -0.365 e. The Labute approximate surface area is 128 Å². The van der Waals surface area contributed by atoms with Crippen LogP contribution in [0.1, 0.15) is 32.3 Å². The molecule has 1 aliphatic rings. The van der Waals surface area contributed by atoms with Gasteiger partial charge >= 0.3 is 6.18 Å². The second kappa shape index (κ2) is 6.44. The van der Waals surface area contributed by atoms with Crippen LogP contribution in [0.2, 0.25) is 5.02 Å². The van der Waals surface area contributed by atoms with Gasteiger partial charge in [-0.05, 0) is 31.5 Å². The van der Waals surface area contributed by atoms with Gasteiger partial charge in [-0.25, -0.2) is 0 Å². The van der Waals surface area contributed by atoms with Gasteiger partial charge in [0.2, 0.25) is 0 Å². The zero-order valence-corrected chi connectivity index (χ0v) is 12.9. The summed E-state index contributed by atoms with van der Waals surface area (Å²) >= 11 is 6.14. The van der Waals surface area contributed by atoms with Crippen molar-refractivity contribution in [1.29, 1.82) is 0 Å². The Morgan fingerprint density at radius 2 is 2.10 bits per heavy atom. The number of piperazine rings is 1. The van der Waals surface area contributed by atoms with E-state index in [1.807, 2.05) is 11.8 Å². The molecule has 1 N–H and O–H groups in total. The number of hydrogen-bond acceptors (Lipinski definition) is 2. The molecule has 1 aromatic rings. The number of halogens is 4. The average molecular weight is 321 g/mol. The highest BCUT2D eigenvalue weighted by Crippen LogP contribution is 2.36. The second-order valence-electron chi connectivity index (χ2n) is 5.56. The predicted molar refractivity (Wildman–Crippen MR) is 80.0 cm³/mol. The number of nitrogens with one attached hydrogen (secondary N) is 1. The van der Waals surface area contributed by atoms with Crippen LogP contribution in [0.5, 0.6) is 0 Å². The smallest absolute Gasteiger partial charge is 0.365 e. The lowest BCUT2D eigenvalue weighted by Crippen LogP contribution is -2.55. The quantitative estimate of drug-likeness (QED) is 0.892. The van der Waals surface area contributed by atoms with Crippen LogP contribution in [0.15, 0.2) is 18.2 Å². The fraction of sp³-hybridized carbons (Fsp3) is 0.600. The maximum absolute atomic E-state index is 12.9. The van der Waals surface area contributed by atoms with Crippen LogP contribution in [0, 0.1) is 0 Å². The Morgan fingerprint density at radius 3 is 2.71 bits per heavy atom. The van der Waals surface area contributed by atoms with E-state index >= 15 is 0 Å². The van der Waals surface area contributed by atoms with Crippen LogP contribution in [0.25, 0.3) is 0 Å². The van der Waals surface area contributed by atoms with E-state index in [4.69, 9.17) is 11.6 Å². The lowest BCUT2D eigenvalue weighted by Gasteiger charge is -2.41. The standard InChI is InChI=1S/C15H20ClF3N2/c1-3-4-12-9-21(10(2)8-20-12)14-7-11(15(17,18)19)5-6-13(14)16/h5-7,10,12,20H,3-4,8-9H2,1-2H3. The molecule has 1 saturated heterocycles. The van der Waals surface area contributed by atoms with E-state index in [1.54, 1.807) is 0 Å². The second-order valence-corrected chi connectivity index (χ2v) is 5.97. The van der Waals surface area contributed by atoms with Gasteiger partial charge in [-0.1, -0.05) is 24.9 Å². The third-order valence-electron chi connectivity index (χ3n) is 3.87. The molecule has 2 unspecified atom stereocenters. The molecular weight excluding hydrogens is 301 g/mol. The van der Waals surface area contributed by atoms with Crippen molar-refractivity contribution in [3.05, 3.63) is 28.8 Å². The maximum atomic E-state index is 12.9. The van der Waals surface area contributed by atoms with Gasteiger partial charge in [0.1, 0.15) is 0 Å². The monoisotopic (exact) mass is 320 g/mol. The van der Waals surface area contributed by atoms with Crippen molar-refractivity contribution in [2.24, 2.45) is 0 Å². The summed E-state index contributed by atoms with van der Waals surface area (Å²) in [6, 6.07) is 3.93. The highest BCUT2D eigenvalue weighted by Gasteiger charge is 2.33. The summed E-state index contributed by atoms with van der Waals surface area (Å²) in [5.41, 5.74) is -0.179. The van der Waals surface area contributed by atoms with Crippen LogP contribution in [0.3, 0.4) is 0 Å². The van der Waals surface area contributed by atoms with Gasteiger partial charge in [-0.2, -0.15) is 13.2 Å². The highest BCUT2D eigenvalue weighted by atomic mass is 35.5. The zero-order chi connectivity index (χ0) is 15.6. The lowest BCUT2D eigenvalue weighted by molar-refractivity contribution is -0.137. The van der Waals surface area contributed by atoms with Gasteiger partial charge in [0.25, 0.3) is 0 Å². The lowest BCUT2D eigenvalue weighted by atomic mass is 10.0. The zero-order valence-electron chi connectivity index (χ0n) is 12.2. The molecule has 0 aromatic heterocycles. The average Bonchev–Trinajstić information content (AvgIpc) is 2.41. The first-order valence-corrected chi connectivity index (χ1v) is 7.57. The number of anilines is 1. The van der Waals surface area contributed by atoms with Gasteiger partial charge in [0.15, 0.2) is 0 Å². The van der Waals surface area contributed by atoms with Gasteiger partial charge in [-0.15, -0.1) is 0 Å². The largest absolute Gasteiger partial charge is 0.416 e. The summed E-state index contributed by atoms with van der Waals surface area (Å²) in [6.07, 6.45) is -2.31. The van der Waals surface area contributed by atoms with Crippen LogP contribution in [0.4, 0.5) is 18.9 Å². The molecule has 21 heavy (non-hydrogen) atoms. The molecule has 0 radical (unpaired) electrons. The molecule has 1 heterocycles. The third-order valence-corrected chi connectivity index (χ3v) is 4.19. The van der Waals surface area contributed by atoms with Crippen LogP contribution >= 0.6 is 11.6 Å². The molecule has 0 bridgehead atoms. The predicted octanol–water partition coefficient (Wildman–Crippen LogP) is 4.33. The molecule has 0 aliphatic carbocycles. The van der Waals surface area contributed by atoms with E-state index in [1.165, 1.54) is 6.07 Å². The van der Waals surface area contributed by atoms with Crippen molar-refractivity contribution in [2.75, 3.05) is 18.0 Å². The molecule has 0 saturated carbocycles.